The molecule has 0 aromatic carbocycles. The lowest BCUT2D eigenvalue weighted by Crippen LogP contribution is -2.20. The smallest absolute Gasteiger partial charge is 0.422 e. The molecule has 2 amide bonds. The van der Waals surface area contributed by atoms with Crippen molar-refractivity contribution in [2.24, 2.45) is 4.36 Å². The monoisotopic (exact) mass is 437 g/mol. The second kappa shape index (κ2) is 8.87. The lowest BCUT2D eigenvalue weighted by Gasteiger charge is -2.12. The Balaban J connectivity index is 2.30. The highest BCUT2D eigenvalue weighted by Crippen LogP contribution is 2.25. The van der Waals surface area contributed by atoms with Crippen LogP contribution in [0.3, 0.4) is 0 Å². The summed E-state index contributed by atoms with van der Waals surface area (Å²) in [4.78, 5) is 23.0. The predicted octanol–water partition coefficient (Wildman–Crippen LogP) is 2.36. The summed E-state index contributed by atoms with van der Waals surface area (Å²) in [5, 5.41) is 1.16. The molecular formula is C14H14F3N5O6S. The van der Waals surface area contributed by atoms with E-state index in [0.29, 0.717) is 0 Å². The van der Waals surface area contributed by atoms with Gasteiger partial charge in [0.1, 0.15) is 0 Å². The van der Waals surface area contributed by atoms with Gasteiger partial charge in [0.2, 0.25) is 32.7 Å². The Morgan fingerprint density at radius 2 is 1.90 bits per heavy atom. The van der Waals surface area contributed by atoms with Gasteiger partial charge in [-0.2, -0.15) is 23.1 Å². The Bertz CT molecular complexity index is 987. The minimum Gasteiger partial charge on any atom is -0.481 e. The molecule has 11 nitrogen and oxygen atoms in total. The molecular weight excluding hydrogens is 423 g/mol. The SMILES string of the molecule is COc1cc(OC)nc(NC(=O)N=S(=O)(O)c2ncccc2OCC(F)(F)F)n1. The van der Waals surface area contributed by atoms with E-state index in [4.69, 9.17) is 9.47 Å². The van der Waals surface area contributed by atoms with E-state index in [9.17, 15) is 26.7 Å². The lowest BCUT2D eigenvalue weighted by molar-refractivity contribution is -0.153. The van der Waals surface area contributed by atoms with Gasteiger partial charge in [-0.1, -0.05) is 0 Å². The zero-order valence-corrected chi connectivity index (χ0v) is 15.7. The first-order valence-electron chi connectivity index (χ1n) is 7.46. The second-order valence-corrected chi connectivity index (χ2v) is 6.57. The highest BCUT2D eigenvalue weighted by atomic mass is 32.2. The Hall–Kier alpha value is -3.20. The molecule has 1 unspecified atom stereocenters. The fourth-order valence-corrected chi connectivity index (χ4v) is 2.73. The Labute approximate surface area is 162 Å². The number of rotatable bonds is 6. The van der Waals surface area contributed by atoms with Crippen molar-refractivity contribution in [3.63, 3.8) is 0 Å². The van der Waals surface area contributed by atoms with Gasteiger partial charge in [0.05, 0.1) is 20.3 Å². The van der Waals surface area contributed by atoms with E-state index in [1.54, 1.807) is 0 Å². The third-order valence-electron chi connectivity index (χ3n) is 2.90. The molecule has 2 rings (SSSR count). The number of aromatic nitrogens is 3. The molecule has 0 saturated heterocycles. The first kappa shape index (κ1) is 22.1. The van der Waals surface area contributed by atoms with E-state index in [0.717, 1.165) is 12.3 Å². The van der Waals surface area contributed by atoms with Crippen molar-refractivity contribution in [1.82, 2.24) is 15.0 Å². The van der Waals surface area contributed by atoms with Crippen LogP contribution in [0.5, 0.6) is 17.5 Å². The third-order valence-corrected chi connectivity index (χ3v) is 4.13. The molecule has 2 aromatic heterocycles. The number of amides is 2. The van der Waals surface area contributed by atoms with Crippen molar-refractivity contribution in [2.75, 3.05) is 26.1 Å². The summed E-state index contributed by atoms with van der Waals surface area (Å²) in [6.45, 7) is -1.73. The number of nitrogens with zero attached hydrogens (tertiary/aromatic N) is 4. The molecule has 15 heteroatoms. The van der Waals surface area contributed by atoms with Gasteiger partial charge in [0, 0.05) is 6.20 Å². The molecule has 2 aromatic rings. The first-order valence-corrected chi connectivity index (χ1v) is 8.93. The quantitative estimate of drug-likeness (QED) is 0.695. The van der Waals surface area contributed by atoms with E-state index < -0.39 is 39.6 Å². The zero-order valence-electron chi connectivity index (χ0n) is 14.8. The molecule has 0 spiro atoms. The number of carbonyl (C=O) groups is 1. The molecule has 0 aliphatic carbocycles. The van der Waals surface area contributed by atoms with Crippen molar-refractivity contribution >= 4 is 22.0 Å². The summed E-state index contributed by atoms with van der Waals surface area (Å²) in [6.07, 6.45) is -3.67. The van der Waals surface area contributed by atoms with Gasteiger partial charge in [-0.05, 0) is 12.1 Å². The maximum Gasteiger partial charge on any atom is 0.422 e. The number of halogens is 3. The number of methoxy groups -OCH3 is 2. The molecule has 0 saturated carbocycles. The highest BCUT2D eigenvalue weighted by Gasteiger charge is 2.30. The highest BCUT2D eigenvalue weighted by molar-refractivity contribution is 7.88. The number of carbonyl (C=O) groups excluding carboxylic acids is 1. The molecule has 29 heavy (non-hydrogen) atoms. The first-order chi connectivity index (χ1) is 13.5. The van der Waals surface area contributed by atoms with Crippen molar-refractivity contribution in [3.05, 3.63) is 24.4 Å². The molecule has 2 N–H and O–H groups in total. The number of anilines is 1. The molecule has 0 fully saturated rings. The van der Waals surface area contributed by atoms with Crippen LogP contribution in [-0.4, -0.2) is 56.7 Å². The van der Waals surface area contributed by atoms with E-state index >= 15 is 0 Å². The van der Waals surface area contributed by atoms with Crippen LogP contribution in [-0.2, 0) is 10.0 Å². The zero-order chi connectivity index (χ0) is 21.7. The van der Waals surface area contributed by atoms with E-state index in [1.807, 2.05) is 5.32 Å². The van der Waals surface area contributed by atoms with Crippen LogP contribution in [0.2, 0.25) is 0 Å². The van der Waals surface area contributed by atoms with Crippen LogP contribution >= 0.6 is 0 Å². The average molecular weight is 437 g/mol. The molecule has 0 aliphatic heterocycles. The van der Waals surface area contributed by atoms with Crippen LogP contribution < -0.4 is 19.5 Å². The molecule has 2 heterocycles. The third kappa shape index (κ3) is 6.42. The van der Waals surface area contributed by atoms with Crippen LogP contribution in [0.1, 0.15) is 0 Å². The van der Waals surface area contributed by atoms with Crippen LogP contribution in [0.15, 0.2) is 33.8 Å². The minimum absolute atomic E-state index is 0.0180. The molecule has 1 atom stereocenters. The summed E-state index contributed by atoms with van der Waals surface area (Å²) in [5.74, 6) is -0.984. The largest absolute Gasteiger partial charge is 0.481 e. The van der Waals surface area contributed by atoms with Crippen LogP contribution in [0.25, 0.3) is 0 Å². The molecule has 0 bridgehead atoms. The minimum atomic E-state index is -4.69. The van der Waals surface area contributed by atoms with Crippen molar-refractivity contribution < 1.29 is 40.9 Å². The maximum atomic E-state index is 12.4. The fourth-order valence-electron chi connectivity index (χ4n) is 1.79. The number of ether oxygens (including phenoxy) is 3. The maximum absolute atomic E-state index is 12.4. The van der Waals surface area contributed by atoms with E-state index in [1.165, 1.54) is 26.4 Å². The van der Waals surface area contributed by atoms with Gasteiger partial charge in [0.25, 0.3) is 0 Å². The predicted molar refractivity (Wildman–Crippen MR) is 91.4 cm³/mol. The van der Waals surface area contributed by atoms with Gasteiger partial charge >= 0.3 is 12.2 Å². The summed E-state index contributed by atoms with van der Waals surface area (Å²) < 4.78 is 76.7. The van der Waals surface area contributed by atoms with Crippen LogP contribution in [0.4, 0.5) is 23.9 Å². The van der Waals surface area contributed by atoms with Crippen molar-refractivity contribution in [1.29, 1.82) is 0 Å². The summed E-state index contributed by atoms with van der Waals surface area (Å²) >= 11 is 0. The fraction of sp³-hybridized carbons (Fsp3) is 0.286. The van der Waals surface area contributed by atoms with Crippen LogP contribution in [0, 0.1) is 0 Å². The number of nitrogens with one attached hydrogen (secondary N) is 1. The lowest BCUT2D eigenvalue weighted by atomic mass is 10.4. The van der Waals surface area contributed by atoms with E-state index in [2.05, 4.69) is 24.1 Å². The molecule has 0 aliphatic rings. The van der Waals surface area contributed by atoms with Gasteiger partial charge in [-0.3, -0.25) is 9.87 Å². The average Bonchev–Trinajstić information content (AvgIpc) is 2.65. The summed E-state index contributed by atoms with van der Waals surface area (Å²) in [6, 6.07) is 2.09. The standard InChI is InChI=1S/C14H14F3N5O6S/c1-26-9-6-10(27-2)20-12(19-9)21-13(23)22-29(24,25)11-8(4-3-5-18-11)28-7-14(15,16)17/h3-6H,7H2,1-2H3,(H2,19,20,21,22,23,24,25). The number of hydrogen-bond donors (Lipinski definition) is 2. The van der Waals surface area contributed by atoms with Gasteiger partial charge in [-0.15, -0.1) is 4.36 Å². The topological polar surface area (TPSA) is 145 Å². The van der Waals surface area contributed by atoms with Gasteiger partial charge < -0.3 is 14.2 Å². The number of pyridine rings is 1. The van der Waals surface area contributed by atoms with Gasteiger partial charge in [-0.25, -0.2) is 14.0 Å². The van der Waals surface area contributed by atoms with Crippen molar-refractivity contribution in [2.45, 2.75) is 11.2 Å². The second-order valence-electron chi connectivity index (χ2n) is 5.00. The van der Waals surface area contributed by atoms with E-state index in [-0.39, 0.29) is 17.7 Å². The summed E-state index contributed by atoms with van der Waals surface area (Å²) in [7, 11) is -1.98. The summed E-state index contributed by atoms with van der Waals surface area (Å²) in [5.41, 5.74) is 0. The number of hydrogen-bond acceptors (Lipinski definition) is 8. The van der Waals surface area contributed by atoms with Crippen molar-refractivity contribution in [3.8, 4) is 17.5 Å². The Kier molecular flexibility index (Phi) is 6.76. The Morgan fingerprint density at radius 3 is 2.45 bits per heavy atom. The molecule has 158 valence electrons. The van der Waals surface area contributed by atoms with Gasteiger partial charge in [0.15, 0.2) is 12.4 Å². The normalized spacial score (nSPS) is 13.2. The molecule has 0 radical (unpaired) electrons. The number of alkyl halides is 3. The Morgan fingerprint density at radius 1 is 1.28 bits per heavy atom. The number of urea groups is 1.